The van der Waals surface area contributed by atoms with E-state index in [1.165, 1.54) is 23.3 Å². The summed E-state index contributed by atoms with van der Waals surface area (Å²) in [5, 5.41) is 1.59. The normalized spacial score (nSPS) is 13.9. The first-order valence-electron chi connectivity index (χ1n) is 10.6. The van der Waals surface area contributed by atoms with Gasteiger partial charge in [-0.05, 0) is 62.0 Å². The Morgan fingerprint density at radius 3 is 2.76 bits per heavy atom. The van der Waals surface area contributed by atoms with Gasteiger partial charge < -0.3 is 4.90 Å². The Morgan fingerprint density at radius 2 is 2.00 bits per heavy atom. The zero-order chi connectivity index (χ0) is 20.4. The second-order valence-electron chi connectivity index (χ2n) is 7.71. The van der Waals surface area contributed by atoms with Crippen LogP contribution in [0.1, 0.15) is 48.5 Å². The van der Waals surface area contributed by atoms with Crippen molar-refractivity contribution in [2.45, 2.75) is 52.5 Å². The number of hydrogen-bond acceptors (Lipinski definition) is 4. The van der Waals surface area contributed by atoms with E-state index in [-0.39, 0.29) is 5.56 Å². The van der Waals surface area contributed by atoms with Gasteiger partial charge in [0.05, 0.1) is 5.39 Å². The molecule has 0 atom stereocenters. The van der Waals surface area contributed by atoms with Crippen LogP contribution in [0.3, 0.4) is 0 Å². The molecule has 1 aromatic carbocycles. The Kier molecular flexibility index (Phi) is 6.38. The van der Waals surface area contributed by atoms with E-state index < -0.39 is 0 Å². The molecule has 6 heteroatoms. The fraction of sp³-hybridized carbons (Fsp3) is 0.478. The van der Waals surface area contributed by atoms with Gasteiger partial charge in [-0.2, -0.15) is 0 Å². The van der Waals surface area contributed by atoms with Gasteiger partial charge in [0.15, 0.2) is 0 Å². The second kappa shape index (κ2) is 8.99. The van der Waals surface area contributed by atoms with Crippen LogP contribution in [0.5, 0.6) is 0 Å². The predicted octanol–water partition coefficient (Wildman–Crippen LogP) is 4.92. The molecule has 2 aromatic heterocycles. The van der Waals surface area contributed by atoms with Crippen molar-refractivity contribution in [2.75, 3.05) is 19.6 Å². The third-order valence-corrected chi connectivity index (χ3v) is 7.36. The molecule has 154 valence electrons. The lowest BCUT2D eigenvalue weighted by atomic mass is 9.97. The first-order chi connectivity index (χ1) is 14.1. The largest absolute Gasteiger partial charge is 0.302 e. The summed E-state index contributed by atoms with van der Waals surface area (Å²) in [6, 6.07) is 7.85. The summed E-state index contributed by atoms with van der Waals surface area (Å²) >= 11 is 7.92. The molecule has 0 radical (unpaired) electrons. The van der Waals surface area contributed by atoms with Gasteiger partial charge in [0.2, 0.25) is 0 Å². The Hall–Kier alpha value is -1.69. The molecular formula is C23H28ClN3OS. The van der Waals surface area contributed by atoms with Gasteiger partial charge in [-0.15, -0.1) is 11.3 Å². The Bertz CT molecular complexity index is 1070. The quantitative estimate of drug-likeness (QED) is 0.534. The van der Waals surface area contributed by atoms with Crippen molar-refractivity contribution in [3.8, 4) is 0 Å². The zero-order valence-corrected chi connectivity index (χ0v) is 18.8. The average Bonchev–Trinajstić information content (AvgIpc) is 3.09. The van der Waals surface area contributed by atoms with Crippen molar-refractivity contribution in [3.05, 3.63) is 61.5 Å². The highest BCUT2D eigenvalue weighted by molar-refractivity contribution is 7.18. The Balaban J connectivity index is 1.80. The highest BCUT2D eigenvalue weighted by Crippen LogP contribution is 2.34. The minimum Gasteiger partial charge on any atom is -0.302 e. The average molecular weight is 430 g/mol. The molecule has 0 aliphatic heterocycles. The number of fused-ring (bicyclic) bond motifs is 3. The molecule has 0 saturated heterocycles. The lowest BCUT2D eigenvalue weighted by Gasteiger charge is -2.20. The van der Waals surface area contributed by atoms with Crippen LogP contribution in [-0.2, 0) is 25.8 Å². The van der Waals surface area contributed by atoms with Crippen molar-refractivity contribution in [1.29, 1.82) is 0 Å². The fourth-order valence-corrected chi connectivity index (χ4v) is 5.74. The van der Waals surface area contributed by atoms with Gasteiger partial charge in [0, 0.05) is 29.4 Å². The number of halogens is 1. The van der Waals surface area contributed by atoms with Crippen LogP contribution in [0.25, 0.3) is 10.2 Å². The van der Waals surface area contributed by atoms with Gasteiger partial charge in [-0.1, -0.05) is 37.6 Å². The van der Waals surface area contributed by atoms with Gasteiger partial charge in [-0.25, -0.2) is 4.98 Å². The summed E-state index contributed by atoms with van der Waals surface area (Å²) in [4.78, 5) is 23.3. The maximum atomic E-state index is 13.6. The van der Waals surface area contributed by atoms with E-state index in [1.54, 1.807) is 11.3 Å². The summed E-state index contributed by atoms with van der Waals surface area (Å²) in [6.07, 6.45) is 5.09. The number of thiophene rings is 1. The van der Waals surface area contributed by atoms with Crippen LogP contribution in [-0.4, -0.2) is 34.1 Å². The van der Waals surface area contributed by atoms with Gasteiger partial charge >= 0.3 is 0 Å². The molecule has 0 bridgehead atoms. The van der Waals surface area contributed by atoms with E-state index in [0.717, 1.165) is 54.1 Å². The predicted molar refractivity (Wildman–Crippen MR) is 123 cm³/mol. The molecule has 0 unspecified atom stereocenters. The van der Waals surface area contributed by atoms with Crippen molar-refractivity contribution in [1.82, 2.24) is 14.5 Å². The van der Waals surface area contributed by atoms with E-state index in [9.17, 15) is 4.79 Å². The zero-order valence-electron chi connectivity index (χ0n) is 17.2. The lowest BCUT2D eigenvalue weighted by molar-refractivity contribution is 0.287. The van der Waals surface area contributed by atoms with Crippen molar-refractivity contribution < 1.29 is 0 Å². The SMILES string of the molecule is CCN(CC)CCn1c(Cc2cccc(Cl)c2)nc2sc3c(c2c1=O)CCCC3. The van der Waals surface area contributed by atoms with E-state index in [2.05, 4.69) is 24.8 Å². The molecule has 4 nitrogen and oxygen atoms in total. The third-order valence-electron chi connectivity index (χ3n) is 5.94. The highest BCUT2D eigenvalue weighted by Gasteiger charge is 2.22. The molecule has 1 aliphatic rings. The van der Waals surface area contributed by atoms with Crippen LogP contribution >= 0.6 is 22.9 Å². The molecule has 0 amide bonds. The second-order valence-corrected chi connectivity index (χ2v) is 9.23. The molecule has 0 fully saturated rings. The van der Waals surface area contributed by atoms with E-state index >= 15 is 0 Å². The van der Waals surface area contributed by atoms with Crippen molar-refractivity contribution in [2.24, 2.45) is 0 Å². The lowest BCUT2D eigenvalue weighted by Crippen LogP contribution is -2.33. The molecule has 2 heterocycles. The van der Waals surface area contributed by atoms with E-state index in [0.29, 0.717) is 18.0 Å². The smallest absolute Gasteiger partial charge is 0.262 e. The highest BCUT2D eigenvalue weighted by atomic mass is 35.5. The summed E-state index contributed by atoms with van der Waals surface area (Å²) in [6.45, 7) is 7.82. The molecule has 29 heavy (non-hydrogen) atoms. The Labute approximate surface area is 181 Å². The molecule has 1 aliphatic carbocycles. The first kappa shape index (κ1) is 20.6. The Morgan fingerprint density at radius 1 is 1.21 bits per heavy atom. The summed E-state index contributed by atoms with van der Waals surface area (Å²) < 4.78 is 1.92. The number of nitrogens with zero attached hydrogens (tertiary/aromatic N) is 3. The molecule has 0 spiro atoms. The molecule has 3 aromatic rings. The minimum atomic E-state index is 0.138. The van der Waals surface area contributed by atoms with Crippen molar-refractivity contribution in [3.63, 3.8) is 0 Å². The third kappa shape index (κ3) is 4.27. The van der Waals surface area contributed by atoms with Crippen molar-refractivity contribution >= 4 is 33.2 Å². The number of benzene rings is 1. The number of rotatable bonds is 7. The maximum absolute atomic E-state index is 13.6. The van der Waals surface area contributed by atoms with Crippen LogP contribution in [0.4, 0.5) is 0 Å². The maximum Gasteiger partial charge on any atom is 0.262 e. The molecular weight excluding hydrogens is 402 g/mol. The molecule has 4 rings (SSSR count). The topological polar surface area (TPSA) is 38.1 Å². The number of hydrogen-bond donors (Lipinski definition) is 0. The van der Waals surface area contributed by atoms with Crippen LogP contribution < -0.4 is 5.56 Å². The molecule has 0 N–H and O–H groups in total. The molecule has 0 saturated carbocycles. The van der Waals surface area contributed by atoms with Crippen LogP contribution in [0.15, 0.2) is 29.1 Å². The van der Waals surface area contributed by atoms with Gasteiger partial charge in [-0.3, -0.25) is 9.36 Å². The first-order valence-corrected chi connectivity index (χ1v) is 11.8. The van der Waals surface area contributed by atoms with E-state index in [1.807, 2.05) is 22.8 Å². The monoisotopic (exact) mass is 429 g/mol. The summed E-state index contributed by atoms with van der Waals surface area (Å²) in [5.74, 6) is 0.843. The van der Waals surface area contributed by atoms with E-state index in [4.69, 9.17) is 16.6 Å². The fourth-order valence-electron chi connectivity index (χ4n) is 4.26. The standard InChI is InChI=1S/C23H28ClN3OS/c1-3-26(4-2)12-13-27-20(15-16-8-7-9-17(24)14-16)25-22-21(23(27)28)18-10-5-6-11-19(18)29-22/h7-9,14H,3-6,10-13,15H2,1-2H3. The number of aryl methyl sites for hydroxylation is 2. The summed E-state index contributed by atoms with van der Waals surface area (Å²) in [5.41, 5.74) is 2.49. The number of aromatic nitrogens is 2. The van der Waals surface area contributed by atoms with Gasteiger partial charge in [0.25, 0.3) is 5.56 Å². The van der Waals surface area contributed by atoms with Crippen LogP contribution in [0.2, 0.25) is 5.02 Å². The number of likely N-dealkylation sites (N-methyl/N-ethyl adjacent to an activating group) is 1. The van der Waals surface area contributed by atoms with Crippen LogP contribution in [0, 0.1) is 0 Å². The van der Waals surface area contributed by atoms with Gasteiger partial charge in [0.1, 0.15) is 10.7 Å². The summed E-state index contributed by atoms with van der Waals surface area (Å²) in [7, 11) is 0. The minimum absolute atomic E-state index is 0.138.